The van der Waals surface area contributed by atoms with Gasteiger partial charge in [-0.2, -0.15) is 0 Å². The van der Waals surface area contributed by atoms with Gasteiger partial charge in [-0.15, -0.1) is 0 Å². The van der Waals surface area contributed by atoms with Gasteiger partial charge in [0.05, 0.1) is 24.8 Å². The number of Topliss-reactive ketones (excluding diaryl/α,β-unsaturated/α-hetero) is 1. The molecule has 0 bridgehead atoms. The van der Waals surface area contributed by atoms with Crippen molar-refractivity contribution in [2.75, 3.05) is 12.0 Å². The molecular formula is C30H31NO5. The molecule has 1 unspecified atom stereocenters. The summed E-state index contributed by atoms with van der Waals surface area (Å²) < 4.78 is 11.1. The summed E-state index contributed by atoms with van der Waals surface area (Å²) in [5.74, 6) is -0.280. The Morgan fingerprint density at radius 2 is 1.61 bits per heavy atom. The molecule has 0 saturated carbocycles. The van der Waals surface area contributed by atoms with Crippen LogP contribution >= 0.6 is 0 Å². The molecule has 0 aliphatic carbocycles. The minimum absolute atomic E-state index is 0.00120. The first-order valence-corrected chi connectivity index (χ1v) is 11.9. The summed E-state index contributed by atoms with van der Waals surface area (Å²) in [6.07, 6.45) is 0.00120. The summed E-state index contributed by atoms with van der Waals surface area (Å²) in [5, 5.41) is 11.4. The number of carbonyl (C=O) groups is 2. The van der Waals surface area contributed by atoms with Crippen molar-refractivity contribution in [3.8, 4) is 11.5 Å². The molecule has 1 N–H and O–H groups in total. The second-order valence-corrected chi connectivity index (χ2v) is 9.38. The van der Waals surface area contributed by atoms with Crippen molar-refractivity contribution < 1.29 is 24.2 Å². The van der Waals surface area contributed by atoms with Crippen molar-refractivity contribution in [2.24, 2.45) is 0 Å². The fourth-order valence-electron chi connectivity index (χ4n) is 4.60. The molecule has 1 atom stereocenters. The quantitative estimate of drug-likeness (QED) is 0.262. The number of carbonyl (C=O) groups excluding carboxylic acids is 2. The maximum atomic E-state index is 13.4. The van der Waals surface area contributed by atoms with Crippen LogP contribution in [0.5, 0.6) is 11.5 Å². The number of aryl methyl sites for hydroxylation is 3. The number of ether oxygens (including phenoxy) is 2. The molecule has 0 aromatic heterocycles. The molecule has 1 heterocycles. The molecule has 3 aromatic rings. The second-order valence-electron chi connectivity index (χ2n) is 9.38. The number of benzene rings is 3. The molecule has 1 amide bonds. The zero-order valence-corrected chi connectivity index (χ0v) is 21.5. The summed E-state index contributed by atoms with van der Waals surface area (Å²) in [7, 11) is 1.58. The third kappa shape index (κ3) is 4.59. The van der Waals surface area contributed by atoms with Crippen LogP contribution in [0.4, 0.5) is 5.69 Å². The minimum Gasteiger partial charge on any atom is -0.507 e. The van der Waals surface area contributed by atoms with Crippen LogP contribution in [0.15, 0.2) is 66.2 Å². The van der Waals surface area contributed by atoms with E-state index in [1.54, 1.807) is 37.4 Å². The SMILES string of the molecule is COc1ccc(C2/C(=C(\O)c3ccc(OC(C)C)c(C)c3)C(=O)C(=O)N2c2ccc(C)cc2C)cc1. The molecule has 0 spiro atoms. The molecule has 1 fully saturated rings. The lowest BCUT2D eigenvalue weighted by Crippen LogP contribution is -2.30. The van der Waals surface area contributed by atoms with E-state index >= 15 is 0 Å². The molecule has 1 aliphatic heterocycles. The Morgan fingerprint density at radius 1 is 0.917 bits per heavy atom. The Balaban J connectivity index is 1.91. The highest BCUT2D eigenvalue weighted by atomic mass is 16.5. The van der Waals surface area contributed by atoms with Crippen molar-refractivity contribution in [1.82, 2.24) is 0 Å². The number of methoxy groups -OCH3 is 1. The van der Waals surface area contributed by atoms with Gasteiger partial charge in [0, 0.05) is 11.3 Å². The van der Waals surface area contributed by atoms with E-state index in [4.69, 9.17) is 9.47 Å². The number of ketones is 1. The van der Waals surface area contributed by atoms with Crippen LogP contribution in [-0.2, 0) is 9.59 Å². The lowest BCUT2D eigenvalue weighted by Gasteiger charge is -2.27. The summed E-state index contributed by atoms with van der Waals surface area (Å²) in [5.41, 5.74) is 4.53. The monoisotopic (exact) mass is 485 g/mol. The number of aliphatic hydroxyl groups is 1. The maximum Gasteiger partial charge on any atom is 0.300 e. The molecule has 186 valence electrons. The lowest BCUT2D eigenvalue weighted by molar-refractivity contribution is -0.132. The predicted octanol–water partition coefficient (Wildman–Crippen LogP) is 6.03. The largest absolute Gasteiger partial charge is 0.507 e. The normalized spacial score (nSPS) is 17.1. The first-order chi connectivity index (χ1) is 17.1. The number of hydrogen-bond donors (Lipinski definition) is 1. The molecular weight excluding hydrogens is 454 g/mol. The lowest BCUT2D eigenvalue weighted by atomic mass is 9.94. The number of nitrogens with zero attached hydrogens (tertiary/aromatic N) is 1. The van der Waals surface area contributed by atoms with Crippen molar-refractivity contribution in [2.45, 2.75) is 46.8 Å². The van der Waals surface area contributed by atoms with Crippen molar-refractivity contribution >= 4 is 23.1 Å². The summed E-state index contributed by atoms with van der Waals surface area (Å²) in [6, 6.07) is 17.3. The molecule has 3 aromatic carbocycles. The molecule has 6 heteroatoms. The highest BCUT2D eigenvalue weighted by molar-refractivity contribution is 6.51. The van der Waals surface area contributed by atoms with E-state index in [-0.39, 0.29) is 17.4 Å². The van der Waals surface area contributed by atoms with E-state index < -0.39 is 17.7 Å². The van der Waals surface area contributed by atoms with Gasteiger partial charge in [-0.1, -0.05) is 29.8 Å². The smallest absolute Gasteiger partial charge is 0.300 e. The predicted molar refractivity (Wildman–Crippen MR) is 141 cm³/mol. The zero-order valence-electron chi connectivity index (χ0n) is 21.5. The Hall–Kier alpha value is -4.06. The van der Waals surface area contributed by atoms with Gasteiger partial charge < -0.3 is 14.6 Å². The van der Waals surface area contributed by atoms with Crippen LogP contribution < -0.4 is 14.4 Å². The van der Waals surface area contributed by atoms with Crippen LogP contribution in [0.1, 0.15) is 47.7 Å². The average Bonchev–Trinajstić information content (AvgIpc) is 3.10. The van der Waals surface area contributed by atoms with Gasteiger partial charge in [-0.3, -0.25) is 14.5 Å². The molecule has 4 rings (SSSR count). The molecule has 36 heavy (non-hydrogen) atoms. The summed E-state index contributed by atoms with van der Waals surface area (Å²) in [4.78, 5) is 28.3. The number of hydrogen-bond acceptors (Lipinski definition) is 5. The molecule has 1 saturated heterocycles. The fourth-order valence-corrected chi connectivity index (χ4v) is 4.60. The third-order valence-corrected chi connectivity index (χ3v) is 6.30. The zero-order chi connectivity index (χ0) is 26.1. The van der Waals surface area contributed by atoms with Gasteiger partial charge in [0.25, 0.3) is 11.7 Å². The van der Waals surface area contributed by atoms with Crippen LogP contribution in [0, 0.1) is 20.8 Å². The molecule has 0 radical (unpaired) electrons. The van der Waals surface area contributed by atoms with Crippen LogP contribution in [0.2, 0.25) is 0 Å². The van der Waals surface area contributed by atoms with Crippen molar-refractivity contribution in [3.63, 3.8) is 0 Å². The van der Waals surface area contributed by atoms with Crippen LogP contribution in [-0.4, -0.2) is 30.0 Å². The van der Waals surface area contributed by atoms with E-state index in [0.717, 1.165) is 16.7 Å². The van der Waals surface area contributed by atoms with Crippen LogP contribution in [0.25, 0.3) is 5.76 Å². The van der Waals surface area contributed by atoms with E-state index in [0.29, 0.717) is 28.3 Å². The van der Waals surface area contributed by atoms with Crippen LogP contribution in [0.3, 0.4) is 0 Å². The highest BCUT2D eigenvalue weighted by Gasteiger charge is 2.47. The van der Waals surface area contributed by atoms with E-state index in [1.165, 1.54) is 4.90 Å². The van der Waals surface area contributed by atoms with E-state index in [9.17, 15) is 14.7 Å². The van der Waals surface area contributed by atoms with E-state index in [2.05, 4.69) is 0 Å². The van der Waals surface area contributed by atoms with Crippen molar-refractivity contribution in [3.05, 3.63) is 94.1 Å². The third-order valence-electron chi connectivity index (χ3n) is 6.30. The van der Waals surface area contributed by atoms with E-state index in [1.807, 2.05) is 65.0 Å². The number of rotatable bonds is 6. The number of anilines is 1. The minimum atomic E-state index is -0.802. The molecule has 1 aliphatic rings. The second kappa shape index (κ2) is 9.90. The topological polar surface area (TPSA) is 76.1 Å². The maximum absolute atomic E-state index is 13.4. The fraction of sp³-hybridized carbons (Fsp3) is 0.267. The summed E-state index contributed by atoms with van der Waals surface area (Å²) >= 11 is 0. The van der Waals surface area contributed by atoms with Gasteiger partial charge >= 0.3 is 0 Å². The Kier molecular flexibility index (Phi) is 6.88. The Bertz CT molecular complexity index is 1350. The molecule has 6 nitrogen and oxygen atoms in total. The van der Waals surface area contributed by atoms with Gasteiger partial charge in [0.2, 0.25) is 0 Å². The van der Waals surface area contributed by atoms with Gasteiger partial charge in [-0.05, 0) is 87.7 Å². The Labute approximate surface area is 211 Å². The van der Waals surface area contributed by atoms with Crippen molar-refractivity contribution in [1.29, 1.82) is 0 Å². The number of aliphatic hydroxyl groups excluding tert-OH is 1. The Morgan fingerprint density at radius 3 is 2.19 bits per heavy atom. The standard InChI is InChI=1S/C30H31NO5/c1-17(2)36-25-14-10-22(16-20(25)5)28(32)26-27(21-8-11-23(35-6)12-9-21)31(30(34)29(26)33)24-13-7-18(3)15-19(24)4/h7-17,27,32H,1-6H3/b28-26+. The van der Waals surface area contributed by atoms with Gasteiger partial charge in [0.15, 0.2) is 0 Å². The first kappa shape index (κ1) is 25.0. The van der Waals surface area contributed by atoms with Gasteiger partial charge in [-0.25, -0.2) is 0 Å². The highest BCUT2D eigenvalue weighted by Crippen LogP contribution is 2.43. The summed E-state index contributed by atoms with van der Waals surface area (Å²) in [6.45, 7) is 9.64. The van der Waals surface area contributed by atoms with Gasteiger partial charge in [0.1, 0.15) is 17.3 Å². The first-order valence-electron chi connectivity index (χ1n) is 11.9. The average molecular weight is 486 g/mol. The number of amides is 1.